The van der Waals surface area contributed by atoms with Crippen LogP contribution in [0.25, 0.3) is 0 Å². The number of hydrogen-bond acceptors (Lipinski definition) is 5. The Balaban J connectivity index is 1.46. The van der Waals surface area contributed by atoms with Crippen LogP contribution >= 0.6 is 0 Å². The molecule has 7 nitrogen and oxygen atoms in total. The van der Waals surface area contributed by atoms with Crippen LogP contribution in [0.2, 0.25) is 0 Å². The molecular formula is C21H29N3O4. The third-order valence-corrected chi connectivity index (χ3v) is 4.98. The Morgan fingerprint density at radius 1 is 1.00 bits per heavy atom. The van der Waals surface area contributed by atoms with E-state index in [0.29, 0.717) is 37.6 Å². The molecule has 28 heavy (non-hydrogen) atoms. The molecular weight excluding hydrogens is 358 g/mol. The van der Waals surface area contributed by atoms with Crippen molar-refractivity contribution in [3.63, 3.8) is 0 Å². The zero-order chi connectivity index (χ0) is 19.9. The van der Waals surface area contributed by atoms with Gasteiger partial charge in [-0.25, -0.2) is 0 Å². The molecule has 2 heterocycles. The second-order valence-electron chi connectivity index (χ2n) is 7.33. The quantitative estimate of drug-likeness (QED) is 0.688. The lowest BCUT2D eigenvalue weighted by molar-refractivity contribution is -0.137. The smallest absolute Gasteiger partial charge is 0.260 e. The molecule has 3 rings (SSSR count). The van der Waals surface area contributed by atoms with Crippen molar-refractivity contribution >= 4 is 11.8 Å². The number of carbonyl (C=O) groups excluding carboxylic acids is 2. The van der Waals surface area contributed by atoms with Crippen LogP contribution < -0.4 is 4.74 Å². The summed E-state index contributed by atoms with van der Waals surface area (Å²) in [7, 11) is 0. The average molecular weight is 387 g/mol. The first-order valence-corrected chi connectivity index (χ1v) is 9.77. The maximum absolute atomic E-state index is 12.7. The predicted molar refractivity (Wildman–Crippen MR) is 106 cm³/mol. The normalized spacial score (nSPS) is 18.0. The summed E-state index contributed by atoms with van der Waals surface area (Å²) in [6.07, 6.45) is 0. The molecule has 1 aromatic rings. The number of amides is 2. The summed E-state index contributed by atoms with van der Waals surface area (Å²) in [5, 5.41) is 0. The third kappa shape index (κ3) is 5.56. The van der Waals surface area contributed by atoms with Crippen LogP contribution in [-0.4, -0.2) is 92.1 Å². The maximum atomic E-state index is 12.7. The maximum Gasteiger partial charge on any atom is 0.260 e. The zero-order valence-electron chi connectivity index (χ0n) is 16.6. The van der Waals surface area contributed by atoms with Crippen LogP contribution in [0.5, 0.6) is 5.75 Å². The fourth-order valence-electron chi connectivity index (χ4n) is 3.42. The monoisotopic (exact) mass is 387 g/mol. The van der Waals surface area contributed by atoms with E-state index >= 15 is 0 Å². The summed E-state index contributed by atoms with van der Waals surface area (Å²) in [5.41, 5.74) is 1.78. The van der Waals surface area contributed by atoms with Crippen molar-refractivity contribution < 1.29 is 19.1 Å². The van der Waals surface area contributed by atoms with Gasteiger partial charge in [-0.1, -0.05) is 12.2 Å². The van der Waals surface area contributed by atoms with E-state index in [0.717, 1.165) is 38.3 Å². The van der Waals surface area contributed by atoms with E-state index in [1.165, 1.54) is 0 Å². The topological polar surface area (TPSA) is 62.3 Å². The van der Waals surface area contributed by atoms with Crippen molar-refractivity contribution in [2.75, 3.05) is 65.6 Å². The van der Waals surface area contributed by atoms with Crippen LogP contribution in [-0.2, 0) is 9.53 Å². The fourth-order valence-corrected chi connectivity index (χ4v) is 3.42. The Morgan fingerprint density at radius 3 is 2.25 bits per heavy atom. The van der Waals surface area contributed by atoms with E-state index in [4.69, 9.17) is 9.47 Å². The van der Waals surface area contributed by atoms with E-state index in [9.17, 15) is 9.59 Å². The first-order chi connectivity index (χ1) is 13.5. The SMILES string of the molecule is C=C(C)CN1CCN(C(=O)c2ccc(OCC(=O)N3CCOCC3)cc2)CC1. The molecule has 0 aromatic heterocycles. The van der Waals surface area contributed by atoms with Crippen LogP contribution in [0.15, 0.2) is 36.4 Å². The minimum Gasteiger partial charge on any atom is -0.484 e. The molecule has 0 N–H and O–H groups in total. The molecule has 0 aliphatic carbocycles. The van der Waals surface area contributed by atoms with Gasteiger partial charge in [0.25, 0.3) is 11.8 Å². The number of nitrogens with zero attached hydrogens (tertiary/aromatic N) is 3. The molecule has 1 aromatic carbocycles. The molecule has 0 unspecified atom stereocenters. The van der Waals surface area contributed by atoms with Gasteiger partial charge in [-0.05, 0) is 31.2 Å². The van der Waals surface area contributed by atoms with E-state index in [1.807, 2.05) is 11.8 Å². The molecule has 0 spiro atoms. The van der Waals surface area contributed by atoms with Crippen molar-refractivity contribution in [3.05, 3.63) is 42.0 Å². The summed E-state index contributed by atoms with van der Waals surface area (Å²) in [5.74, 6) is 0.575. The van der Waals surface area contributed by atoms with E-state index < -0.39 is 0 Å². The minimum atomic E-state index is -0.0453. The third-order valence-electron chi connectivity index (χ3n) is 4.98. The highest BCUT2D eigenvalue weighted by molar-refractivity contribution is 5.94. The highest BCUT2D eigenvalue weighted by Gasteiger charge is 2.22. The molecule has 2 aliphatic heterocycles. The lowest BCUT2D eigenvalue weighted by atomic mass is 10.1. The summed E-state index contributed by atoms with van der Waals surface area (Å²) in [6, 6.07) is 7.02. The molecule has 2 amide bonds. The van der Waals surface area contributed by atoms with Crippen molar-refractivity contribution in [1.29, 1.82) is 0 Å². The largest absolute Gasteiger partial charge is 0.484 e. The standard InChI is InChI=1S/C21H29N3O4/c1-17(2)15-22-7-9-24(10-8-22)21(26)18-3-5-19(6-4-18)28-16-20(25)23-11-13-27-14-12-23/h3-6H,1,7-16H2,2H3. The molecule has 2 saturated heterocycles. The number of rotatable bonds is 6. The summed E-state index contributed by atoms with van der Waals surface area (Å²) in [4.78, 5) is 30.8. The molecule has 2 fully saturated rings. The Labute approximate surface area is 166 Å². The summed E-state index contributed by atoms with van der Waals surface area (Å²) < 4.78 is 10.8. The number of hydrogen-bond donors (Lipinski definition) is 0. The average Bonchev–Trinajstić information content (AvgIpc) is 2.72. The molecule has 0 bridgehead atoms. The second-order valence-corrected chi connectivity index (χ2v) is 7.33. The van der Waals surface area contributed by atoms with Crippen molar-refractivity contribution in [1.82, 2.24) is 14.7 Å². The van der Waals surface area contributed by atoms with Crippen LogP contribution in [0.4, 0.5) is 0 Å². The van der Waals surface area contributed by atoms with Gasteiger partial charge in [-0.2, -0.15) is 0 Å². The summed E-state index contributed by atoms with van der Waals surface area (Å²) in [6.45, 7) is 12.4. The minimum absolute atomic E-state index is 0.00201. The highest BCUT2D eigenvalue weighted by Crippen LogP contribution is 2.15. The fraction of sp³-hybridized carbons (Fsp3) is 0.524. The number of morpholine rings is 1. The van der Waals surface area contributed by atoms with Gasteiger partial charge < -0.3 is 19.3 Å². The molecule has 0 atom stereocenters. The number of benzene rings is 1. The van der Waals surface area contributed by atoms with Crippen molar-refractivity contribution in [2.24, 2.45) is 0 Å². The molecule has 0 radical (unpaired) electrons. The van der Waals surface area contributed by atoms with E-state index in [-0.39, 0.29) is 18.4 Å². The zero-order valence-corrected chi connectivity index (χ0v) is 16.6. The predicted octanol–water partition coefficient (Wildman–Crippen LogP) is 1.26. The first kappa shape index (κ1) is 20.4. The van der Waals surface area contributed by atoms with Crippen LogP contribution in [0.3, 0.4) is 0 Å². The Hall–Kier alpha value is -2.38. The van der Waals surface area contributed by atoms with Gasteiger partial charge in [0, 0.05) is 51.4 Å². The number of ether oxygens (including phenoxy) is 2. The van der Waals surface area contributed by atoms with Crippen molar-refractivity contribution in [3.8, 4) is 5.75 Å². The molecule has 0 saturated carbocycles. The second kappa shape index (κ2) is 9.71. The number of carbonyl (C=O) groups is 2. The Kier molecular flexibility index (Phi) is 7.06. The highest BCUT2D eigenvalue weighted by atomic mass is 16.5. The van der Waals surface area contributed by atoms with Gasteiger partial charge in [0.05, 0.1) is 13.2 Å². The number of piperazine rings is 1. The van der Waals surface area contributed by atoms with Gasteiger partial charge in [-0.3, -0.25) is 14.5 Å². The Bertz CT molecular complexity index is 690. The van der Waals surface area contributed by atoms with Crippen LogP contribution in [0.1, 0.15) is 17.3 Å². The van der Waals surface area contributed by atoms with Gasteiger partial charge in [-0.15, -0.1) is 0 Å². The summed E-state index contributed by atoms with van der Waals surface area (Å²) >= 11 is 0. The van der Waals surface area contributed by atoms with Crippen LogP contribution in [0, 0.1) is 0 Å². The van der Waals surface area contributed by atoms with E-state index in [1.54, 1.807) is 29.2 Å². The van der Waals surface area contributed by atoms with Gasteiger partial charge in [0.1, 0.15) is 5.75 Å². The lowest BCUT2D eigenvalue weighted by Gasteiger charge is -2.34. The van der Waals surface area contributed by atoms with Crippen molar-refractivity contribution in [2.45, 2.75) is 6.92 Å². The molecule has 152 valence electrons. The van der Waals surface area contributed by atoms with Gasteiger partial charge >= 0.3 is 0 Å². The van der Waals surface area contributed by atoms with Gasteiger partial charge in [0.15, 0.2) is 6.61 Å². The van der Waals surface area contributed by atoms with Gasteiger partial charge in [0.2, 0.25) is 0 Å². The van der Waals surface area contributed by atoms with E-state index in [2.05, 4.69) is 11.5 Å². The Morgan fingerprint density at radius 2 is 1.64 bits per heavy atom. The lowest BCUT2D eigenvalue weighted by Crippen LogP contribution is -2.48. The molecule has 2 aliphatic rings. The molecule has 7 heteroatoms. The first-order valence-electron chi connectivity index (χ1n) is 9.77.